The van der Waals surface area contributed by atoms with Crippen LogP contribution in [0.15, 0.2) is 80.2 Å². The average Bonchev–Trinajstić information content (AvgIpc) is 2.83. The van der Waals surface area contributed by atoms with Gasteiger partial charge in [-0.15, -0.1) is 13.2 Å². The summed E-state index contributed by atoms with van der Waals surface area (Å²) < 4.78 is 0. The average molecular weight is 437 g/mol. The monoisotopic (exact) mass is 436 g/mol. The van der Waals surface area contributed by atoms with Gasteiger partial charge in [-0.25, -0.2) is 9.97 Å². The summed E-state index contributed by atoms with van der Waals surface area (Å²) in [6.45, 7) is 8.86. The van der Waals surface area contributed by atoms with Crippen molar-refractivity contribution >= 4 is 66.9 Å². The molecule has 1 N–H and O–H groups in total. The van der Waals surface area contributed by atoms with Gasteiger partial charge >= 0.3 is 0 Å². The predicted octanol–water partition coefficient (Wildman–Crippen LogP) is 5.25. The summed E-state index contributed by atoms with van der Waals surface area (Å²) in [4.78, 5) is 21.0. The highest BCUT2D eigenvalue weighted by molar-refractivity contribution is 7.80. The van der Waals surface area contributed by atoms with E-state index < -0.39 is 0 Å². The number of hydrogen-bond acceptors (Lipinski definition) is 5. The summed E-state index contributed by atoms with van der Waals surface area (Å²) in [7, 11) is 0. The van der Waals surface area contributed by atoms with E-state index in [1.54, 1.807) is 12.4 Å². The van der Waals surface area contributed by atoms with Crippen LogP contribution in [-0.4, -0.2) is 43.0 Å². The summed E-state index contributed by atoms with van der Waals surface area (Å²) in [5.41, 5.74) is 5.70. The lowest BCUT2D eigenvalue weighted by Gasteiger charge is -2.23. The lowest BCUT2D eigenvalue weighted by Crippen LogP contribution is -2.34. The number of thiocarbonyl (C=S) groups is 1. The van der Waals surface area contributed by atoms with Crippen molar-refractivity contribution in [3.8, 4) is 0 Å². The third kappa shape index (κ3) is 3.42. The van der Waals surface area contributed by atoms with Gasteiger partial charge in [0.15, 0.2) is 5.11 Å². The van der Waals surface area contributed by atoms with Crippen molar-refractivity contribution in [1.82, 2.24) is 24.8 Å². The fraction of sp³-hybridized carbons (Fsp3) is 0.0800. The number of benzene rings is 2. The summed E-state index contributed by atoms with van der Waals surface area (Å²) in [5.74, 6) is 0. The van der Waals surface area contributed by atoms with E-state index in [4.69, 9.17) is 22.2 Å². The SMILES string of the molecule is C=CCN(CC=C)C(=S)Nc1ccc2nc3c4cccnc4c4ncccc4c3nc2c1. The Bertz CT molecular complexity index is 1520. The molecular formula is C25H20N6S. The first-order chi connectivity index (χ1) is 15.7. The topological polar surface area (TPSA) is 66.8 Å². The maximum Gasteiger partial charge on any atom is 0.173 e. The standard InChI is InChI=1S/C25H20N6S/c1-3-13-31(14-4-2)25(32)28-16-9-10-19-20(15-16)30-24-18-8-6-12-27-22(18)21-17(23(24)29-19)7-5-11-26-21/h3-12,15H,1-2,13-14H2,(H,28,32). The third-order valence-electron chi connectivity index (χ3n) is 5.25. The van der Waals surface area contributed by atoms with Crippen LogP contribution in [0.25, 0.3) is 43.9 Å². The van der Waals surface area contributed by atoms with Crippen molar-refractivity contribution in [3.05, 3.63) is 80.2 Å². The highest BCUT2D eigenvalue weighted by Gasteiger charge is 2.14. The summed E-state index contributed by atoms with van der Waals surface area (Å²) in [6.07, 6.45) is 7.18. The number of nitrogens with zero attached hydrogens (tertiary/aromatic N) is 5. The molecule has 0 saturated carbocycles. The summed E-state index contributed by atoms with van der Waals surface area (Å²) in [6, 6.07) is 13.7. The normalized spacial score (nSPS) is 11.1. The minimum absolute atomic E-state index is 0.601. The molecule has 5 aromatic rings. The second-order valence-corrected chi connectivity index (χ2v) is 7.72. The van der Waals surface area contributed by atoms with E-state index in [9.17, 15) is 0 Å². The van der Waals surface area contributed by atoms with E-state index >= 15 is 0 Å². The van der Waals surface area contributed by atoms with Gasteiger partial charge in [0, 0.05) is 41.9 Å². The van der Waals surface area contributed by atoms with Gasteiger partial charge in [0.2, 0.25) is 0 Å². The molecule has 0 aliphatic rings. The molecule has 0 aliphatic carbocycles. The molecule has 0 atom stereocenters. The molecule has 7 heteroatoms. The van der Waals surface area contributed by atoms with Gasteiger partial charge < -0.3 is 10.2 Å². The molecule has 5 rings (SSSR count). The Morgan fingerprint density at radius 1 is 0.844 bits per heavy atom. The Hall–Kier alpha value is -3.97. The number of anilines is 1. The minimum atomic E-state index is 0.601. The van der Waals surface area contributed by atoms with Crippen LogP contribution in [-0.2, 0) is 0 Å². The van der Waals surface area contributed by atoms with Crippen LogP contribution < -0.4 is 5.32 Å². The van der Waals surface area contributed by atoms with E-state index in [-0.39, 0.29) is 0 Å². The minimum Gasteiger partial charge on any atom is -0.342 e. The Labute approximate surface area is 190 Å². The number of rotatable bonds is 5. The van der Waals surface area contributed by atoms with E-state index in [2.05, 4.69) is 28.4 Å². The van der Waals surface area contributed by atoms with Crippen LogP contribution in [0.3, 0.4) is 0 Å². The maximum atomic E-state index is 5.57. The van der Waals surface area contributed by atoms with E-state index in [0.717, 1.165) is 49.6 Å². The zero-order chi connectivity index (χ0) is 22.1. The van der Waals surface area contributed by atoms with Crippen molar-refractivity contribution in [2.24, 2.45) is 0 Å². The van der Waals surface area contributed by atoms with Crippen LogP contribution in [0.5, 0.6) is 0 Å². The van der Waals surface area contributed by atoms with E-state index in [1.807, 2.05) is 59.5 Å². The first-order valence-electron chi connectivity index (χ1n) is 10.2. The van der Waals surface area contributed by atoms with Gasteiger partial charge in [0.1, 0.15) is 0 Å². The quantitative estimate of drug-likeness (QED) is 0.175. The van der Waals surface area contributed by atoms with Gasteiger partial charge in [-0.1, -0.05) is 12.2 Å². The molecule has 0 unspecified atom stereocenters. The van der Waals surface area contributed by atoms with Crippen molar-refractivity contribution in [3.63, 3.8) is 0 Å². The van der Waals surface area contributed by atoms with Crippen LogP contribution in [0.2, 0.25) is 0 Å². The molecule has 6 nitrogen and oxygen atoms in total. The fourth-order valence-corrected chi connectivity index (χ4v) is 4.10. The van der Waals surface area contributed by atoms with E-state index in [1.165, 1.54) is 0 Å². The number of pyridine rings is 2. The third-order valence-corrected chi connectivity index (χ3v) is 5.61. The zero-order valence-corrected chi connectivity index (χ0v) is 18.1. The van der Waals surface area contributed by atoms with Crippen molar-refractivity contribution in [2.75, 3.05) is 18.4 Å². The van der Waals surface area contributed by atoms with Crippen LogP contribution in [0.4, 0.5) is 5.69 Å². The molecule has 2 aromatic carbocycles. The molecule has 0 fully saturated rings. The van der Waals surface area contributed by atoms with Crippen LogP contribution >= 0.6 is 12.2 Å². The second-order valence-electron chi connectivity index (χ2n) is 7.34. The molecule has 3 heterocycles. The molecule has 0 saturated heterocycles. The number of hydrogen-bond donors (Lipinski definition) is 1. The lowest BCUT2D eigenvalue weighted by atomic mass is 10.1. The highest BCUT2D eigenvalue weighted by Crippen LogP contribution is 2.32. The smallest absolute Gasteiger partial charge is 0.173 e. The second kappa shape index (κ2) is 8.28. The summed E-state index contributed by atoms with van der Waals surface area (Å²) >= 11 is 5.57. The molecular weight excluding hydrogens is 416 g/mol. The molecule has 0 amide bonds. The Morgan fingerprint density at radius 2 is 1.44 bits per heavy atom. The van der Waals surface area contributed by atoms with Crippen molar-refractivity contribution in [1.29, 1.82) is 0 Å². The van der Waals surface area contributed by atoms with Gasteiger partial charge in [-0.2, -0.15) is 0 Å². The van der Waals surface area contributed by atoms with Gasteiger partial charge in [-0.3, -0.25) is 9.97 Å². The molecule has 0 aliphatic heterocycles. The summed E-state index contributed by atoms with van der Waals surface area (Å²) in [5, 5.41) is 5.76. The van der Waals surface area contributed by atoms with Crippen LogP contribution in [0, 0.1) is 0 Å². The van der Waals surface area contributed by atoms with Crippen LogP contribution in [0.1, 0.15) is 0 Å². The number of aromatic nitrogens is 4. The predicted molar refractivity (Wildman–Crippen MR) is 136 cm³/mol. The molecule has 0 bridgehead atoms. The van der Waals surface area contributed by atoms with Crippen molar-refractivity contribution in [2.45, 2.75) is 0 Å². The number of fused-ring (bicyclic) bond motifs is 7. The van der Waals surface area contributed by atoms with Gasteiger partial charge in [0.05, 0.1) is 33.1 Å². The molecule has 32 heavy (non-hydrogen) atoms. The molecule has 0 spiro atoms. The van der Waals surface area contributed by atoms with Gasteiger partial charge in [-0.05, 0) is 54.7 Å². The first-order valence-corrected chi connectivity index (χ1v) is 10.6. The maximum absolute atomic E-state index is 5.57. The first kappa shape index (κ1) is 20.0. The highest BCUT2D eigenvalue weighted by atomic mass is 32.1. The van der Waals surface area contributed by atoms with Crippen molar-refractivity contribution < 1.29 is 0 Å². The molecule has 3 aromatic heterocycles. The Morgan fingerprint density at radius 3 is 2.03 bits per heavy atom. The number of nitrogens with one attached hydrogen (secondary N) is 1. The van der Waals surface area contributed by atoms with Gasteiger partial charge in [0.25, 0.3) is 0 Å². The zero-order valence-electron chi connectivity index (χ0n) is 17.3. The fourth-order valence-electron chi connectivity index (χ4n) is 3.83. The largest absolute Gasteiger partial charge is 0.342 e. The lowest BCUT2D eigenvalue weighted by molar-refractivity contribution is 0.522. The molecule has 0 radical (unpaired) electrons. The Balaban J connectivity index is 1.66. The Kier molecular flexibility index (Phi) is 5.17. The van der Waals surface area contributed by atoms with E-state index in [0.29, 0.717) is 18.2 Å². The molecule has 156 valence electrons.